The van der Waals surface area contributed by atoms with E-state index in [0.717, 1.165) is 44.5 Å². The standard InChI is InChI=1S/C21H30N4O2/c26-19(23-17-7-3-1-4-8-17)15-24-16-25(18-9-5-2-6-10-18)21(20(24)27)11-13-22-14-12-21/h2,5-6,9-10,17,22H,1,3-4,7-8,11-16H2,(H,23,26). The summed E-state index contributed by atoms with van der Waals surface area (Å²) in [4.78, 5) is 29.9. The first kappa shape index (κ1) is 18.3. The lowest BCUT2D eigenvalue weighted by atomic mass is 9.86. The van der Waals surface area contributed by atoms with Crippen molar-refractivity contribution < 1.29 is 9.59 Å². The van der Waals surface area contributed by atoms with Gasteiger partial charge in [0.25, 0.3) is 0 Å². The van der Waals surface area contributed by atoms with Gasteiger partial charge in [0.05, 0.1) is 6.67 Å². The summed E-state index contributed by atoms with van der Waals surface area (Å²) in [5.74, 6) is 0.0842. The van der Waals surface area contributed by atoms with Crippen LogP contribution in [0, 0.1) is 0 Å². The zero-order chi connectivity index (χ0) is 18.7. The fraction of sp³-hybridized carbons (Fsp3) is 0.619. The van der Waals surface area contributed by atoms with Gasteiger partial charge < -0.3 is 20.4 Å². The molecule has 0 aromatic heterocycles. The molecule has 2 amide bonds. The Morgan fingerprint density at radius 3 is 2.52 bits per heavy atom. The maximum absolute atomic E-state index is 13.4. The number of hydrogen-bond acceptors (Lipinski definition) is 4. The van der Waals surface area contributed by atoms with Crippen LogP contribution in [0.2, 0.25) is 0 Å². The van der Waals surface area contributed by atoms with Crippen LogP contribution in [-0.4, -0.2) is 54.6 Å². The van der Waals surface area contributed by atoms with Gasteiger partial charge in [-0.1, -0.05) is 37.5 Å². The number of piperidine rings is 1. The first-order valence-corrected chi connectivity index (χ1v) is 10.3. The predicted molar refractivity (Wildman–Crippen MR) is 105 cm³/mol. The van der Waals surface area contributed by atoms with Crippen molar-refractivity contribution in [3.63, 3.8) is 0 Å². The van der Waals surface area contributed by atoms with E-state index in [0.29, 0.717) is 6.67 Å². The minimum atomic E-state index is -0.516. The summed E-state index contributed by atoms with van der Waals surface area (Å²) in [5.41, 5.74) is 0.542. The van der Waals surface area contributed by atoms with Crippen LogP contribution < -0.4 is 15.5 Å². The van der Waals surface area contributed by atoms with Crippen molar-refractivity contribution >= 4 is 17.5 Å². The van der Waals surface area contributed by atoms with Crippen molar-refractivity contribution in [2.45, 2.75) is 56.5 Å². The number of hydrogen-bond donors (Lipinski definition) is 2. The van der Waals surface area contributed by atoms with Gasteiger partial charge in [0.15, 0.2) is 0 Å². The van der Waals surface area contributed by atoms with Crippen LogP contribution in [0.1, 0.15) is 44.9 Å². The number of carbonyl (C=O) groups excluding carboxylic acids is 2. The molecule has 2 N–H and O–H groups in total. The van der Waals surface area contributed by atoms with Gasteiger partial charge in [-0.25, -0.2) is 0 Å². The molecule has 1 aromatic rings. The Morgan fingerprint density at radius 2 is 1.81 bits per heavy atom. The lowest BCUT2D eigenvalue weighted by molar-refractivity contribution is -0.137. The van der Waals surface area contributed by atoms with E-state index in [4.69, 9.17) is 0 Å². The third-order valence-corrected chi connectivity index (χ3v) is 6.32. The summed E-state index contributed by atoms with van der Waals surface area (Å²) >= 11 is 0. The number of carbonyl (C=O) groups is 2. The Morgan fingerprint density at radius 1 is 1.11 bits per heavy atom. The molecule has 2 saturated heterocycles. The average molecular weight is 370 g/mol. The van der Waals surface area contributed by atoms with E-state index in [9.17, 15) is 9.59 Å². The Kier molecular flexibility index (Phi) is 5.34. The van der Waals surface area contributed by atoms with Crippen molar-refractivity contribution in [3.8, 4) is 0 Å². The molecule has 2 aliphatic heterocycles. The van der Waals surface area contributed by atoms with E-state index in [-0.39, 0.29) is 24.4 Å². The summed E-state index contributed by atoms with van der Waals surface area (Å²) in [6, 6.07) is 10.4. The van der Waals surface area contributed by atoms with Gasteiger partial charge in [0, 0.05) is 11.7 Å². The highest BCUT2D eigenvalue weighted by molar-refractivity contribution is 5.96. The Labute approximate surface area is 161 Å². The fourth-order valence-corrected chi connectivity index (χ4v) is 4.86. The van der Waals surface area contributed by atoms with E-state index in [1.54, 1.807) is 4.90 Å². The van der Waals surface area contributed by atoms with Crippen LogP contribution in [0.25, 0.3) is 0 Å². The molecule has 146 valence electrons. The minimum absolute atomic E-state index is 0.0192. The van der Waals surface area contributed by atoms with Gasteiger partial charge in [-0.05, 0) is 50.9 Å². The van der Waals surface area contributed by atoms with E-state index >= 15 is 0 Å². The van der Waals surface area contributed by atoms with Crippen LogP contribution in [-0.2, 0) is 9.59 Å². The van der Waals surface area contributed by atoms with E-state index in [1.165, 1.54) is 19.3 Å². The highest BCUT2D eigenvalue weighted by Gasteiger charge is 2.53. The molecule has 2 heterocycles. The quantitative estimate of drug-likeness (QED) is 0.849. The van der Waals surface area contributed by atoms with E-state index in [1.807, 2.05) is 18.2 Å². The highest BCUT2D eigenvalue weighted by atomic mass is 16.2. The van der Waals surface area contributed by atoms with Crippen LogP contribution in [0.15, 0.2) is 30.3 Å². The number of nitrogens with one attached hydrogen (secondary N) is 2. The summed E-state index contributed by atoms with van der Waals surface area (Å²) in [5, 5.41) is 6.51. The Hall–Kier alpha value is -2.08. The number of benzene rings is 1. The Balaban J connectivity index is 1.49. The van der Waals surface area contributed by atoms with Crippen LogP contribution in [0.4, 0.5) is 5.69 Å². The second-order valence-corrected chi connectivity index (χ2v) is 8.09. The van der Waals surface area contributed by atoms with Gasteiger partial charge in [-0.15, -0.1) is 0 Å². The molecule has 1 aliphatic carbocycles. The number of amides is 2. The van der Waals surface area contributed by atoms with Crippen molar-refractivity contribution in [2.24, 2.45) is 0 Å². The second-order valence-electron chi connectivity index (χ2n) is 8.09. The van der Waals surface area contributed by atoms with Crippen molar-refractivity contribution in [3.05, 3.63) is 30.3 Å². The average Bonchev–Trinajstić information content (AvgIpc) is 2.96. The predicted octanol–water partition coefficient (Wildman–Crippen LogP) is 1.86. The first-order valence-electron chi connectivity index (χ1n) is 10.3. The topological polar surface area (TPSA) is 64.7 Å². The van der Waals surface area contributed by atoms with Crippen molar-refractivity contribution in [1.82, 2.24) is 15.5 Å². The molecular weight excluding hydrogens is 340 g/mol. The zero-order valence-corrected chi connectivity index (χ0v) is 16.0. The number of para-hydroxylation sites is 1. The smallest absolute Gasteiger partial charge is 0.250 e. The maximum atomic E-state index is 13.4. The summed E-state index contributed by atoms with van der Waals surface area (Å²) < 4.78 is 0. The number of rotatable bonds is 4. The van der Waals surface area contributed by atoms with Crippen LogP contribution in [0.3, 0.4) is 0 Å². The molecule has 4 rings (SSSR count). The molecule has 3 aliphatic rings. The minimum Gasteiger partial charge on any atom is -0.352 e. The highest BCUT2D eigenvalue weighted by Crippen LogP contribution is 2.37. The molecule has 6 heteroatoms. The molecule has 0 radical (unpaired) electrons. The summed E-state index contributed by atoms with van der Waals surface area (Å²) in [6.07, 6.45) is 7.32. The van der Waals surface area contributed by atoms with Gasteiger partial charge in [-0.2, -0.15) is 0 Å². The van der Waals surface area contributed by atoms with Gasteiger partial charge >= 0.3 is 0 Å². The molecule has 0 atom stereocenters. The molecule has 1 aromatic carbocycles. The van der Waals surface area contributed by atoms with Crippen LogP contribution in [0.5, 0.6) is 0 Å². The normalized spacial score (nSPS) is 23.0. The van der Waals surface area contributed by atoms with Crippen molar-refractivity contribution in [2.75, 3.05) is 31.2 Å². The molecule has 27 heavy (non-hydrogen) atoms. The maximum Gasteiger partial charge on any atom is 0.250 e. The molecule has 0 bridgehead atoms. The molecule has 1 spiro atoms. The van der Waals surface area contributed by atoms with E-state index < -0.39 is 5.54 Å². The lowest BCUT2D eigenvalue weighted by Crippen LogP contribution is -2.56. The van der Waals surface area contributed by atoms with E-state index in [2.05, 4.69) is 27.7 Å². The largest absolute Gasteiger partial charge is 0.352 e. The zero-order valence-electron chi connectivity index (χ0n) is 16.0. The van der Waals surface area contributed by atoms with Crippen molar-refractivity contribution in [1.29, 1.82) is 0 Å². The third-order valence-electron chi connectivity index (χ3n) is 6.32. The first-order chi connectivity index (χ1) is 13.2. The lowest BCUT2D eigenvalue weighted by Gasteiger charge is -2.40. The van der Waals surface area contributed by atoms with Gasteiger partial charge in [-0.3, -0.25) is 9.59 Å². The van der Waals surface area contributed by atoms with Crippen LogP contribution >= 0.6 is 0 Å². The molecular formula is C21H30N4O2. The van der Waals surface area contributed by atoms with Gasteiger partial charge in [0.1, 0.15) is 12.1 Å². The van der Waals surface area contributed by atoms with Gasteiger partial charge in [0.2, 0.25) is 11.8 Å². The Bertz CT molecular complexity index is 666. The molecule has 6 nitrogen and oxygen atoms in total. The molecule has 1 saturated carbocycles. The third kappa shape index (κ3) is 3.68. The summed E-state index contributed by atoms with van der Waals surface area (Å²) in [7, 11) is 0. The number of anilines is 1. The summed E-state index contributed by atoms with van der Waals surface area (Å²) in [6.45, 7) is 2.31. The monoisotopic (exact) mass is 370 g/mol. The molecule has 3 fully saturated rings. The number of nitrogens with zero attached hydrogens (tertiary/aromatic N) is 2. The SMILES string of the molecule is O=C(CN1CN(c2ccccc2)C2(CCNCC2)C1=O)NC1CCCCC1. The fourth-order valence-electron chi connectivity index (χ4n) is 4.86. The second kappa shape index (κ2) is 7.89. The molecule has 0 unspecified atom stereocenters.